The van der Waals surface area contributed by atoms with Crippen LogP contribution in [-0.2, 0) is 0 Å². The maximum atomic E-state index is 3.70. The number of hydrogen-bond acceptors (Lipinski definition) is 3. The van der Waals surface area contributed by atoms with Crippen LogP contribution in [0.1, 0.15) is 32.1 Å². The molecule has 3 aliphatic heterocycles. The largest absolute Gasteiger partial charge is 0.313 e. The highest BCUT2D eigenvalue weighted by Crippen LogP contribution is 2.35. The molecule has 0 aromatic heterocycles. The maximum Gasteiger partial charge on any atom is 0.0361 e. The van der Waals surface area contributed by atoms with Crippen molar-refractivity contribution < 1.29 is 0 Å². The minimum atomic E-state index is 0.510. The number of piperidine rings is 2. The van der Waals surface area contributed by atoms with Crippen molar-refractivity contribution in [3.05, 3.63) is 0 Å². The molecule has 1 atom stereocenters. The average molecular weight is 223 g/mol. The van der Waals surface area contributed by atoms with Crippen LogP contribution in [0.2, 0.25) is 0 Å². The normalized spacial score (nSPS) is 36.2. The summed E-state index contributed by atoms with van der Waals surface area (Å²) in [5.41, 5.74) is 0.510. The standard InChI is InChI=1S/C13H25N3/c1-15-8-5-13(6-9-15)11-14-10-12-4-2-3-7-16(12)13/h12,14H,2-11H2,1H3. The third-order valence-electron chi connectivity index (χ3n) is 4.99. The molecule has 1 N–H and O–H groups in total. The Morgan fingerprint density at radius 1 is 1.12 bits per heavy atom. The first-order chi connectivity index (χ1) is 7.80. The van der Waals surface area contributed by atoms with Gasteiger partial charge in [-0.1, -0.05) is 6.42 Å². The topological polar surface area (TPSA) is 18.5 Å². The highest BCUT2D eigenvalue weighted by Gasteiger charge is 2.45. The molecule has 0 aromatic carbocycles. The number of hydrogen-bond donors (Lipinski definition) is 1. The van der Waals surface area contributed by atoms with Crippen LogP contribution in [0.25, 0.3) is 0 Å². The van der Waals surface area contributed by atoms with Gasteiger partial charge in [0, 0.05) is 24.7 Å². The van der Waals surface area contributed by atoms with E-state index in [1.165, 1.54) is 64.8 Å². The van der Waals surface area contributed by atoms with E-state index in [1.807, 2.05) is 0 Å². The third-order valence-corrected chi connectivity index (χ3v) is 4.99. The number of likely N-dealkylation sites (tertiary alicyclic amines) is 1. The summed E-state index contributed by atoms with van der Waals surface area (Å²) in [7, 11) is 2.26. The van der Waals surface area contributed by atoms with Crippen molar-refractivity contribution in [3.63, 3.8) is 0 Å². The van der Waals surface area contributed by atoms with Crippen LogP contribution in [0.3, 0.4) is 0 Å². The first-order valence-electron chi connectivity index (χ1n) is 6.96. The summed E-state index contributed by atoms with van der Waals surface area (Å²) in [6.07, 6.45) is 7.03. The Kier molecular flexibility index (Phi) is 2.94. The van der Waals surface area contributed by atoms with Crippen LogP contribution in [-0.4, -0.2) is 61.2 Å². The van der Waals surface area contributed by atoms with Crippen molar-refractivity contribution in [1.29, 1.82) is 0 Å². The van der Waals surface area contributed by atoms with E-state index >= 15 is 0 Å². The maximum absolute atomic E-state index is 3.70. The van der Waals surface area contributed by atoms with Gasteiger partial charge in [0.05, 0.1) is 0 Å². The Balaban J connectivity index is 1.76. The summed E-state index contributed by atoms with van der Waals surface area (Å²) in [5, 5.41) is 3.70. The fraction of sp³-hybridized carbons (Fsp3) is 1.00. The van der Waals surface area contributed by atoms with Crippen molar-refractivity contribution in [2.75, 3.05) is 39.8 Å². The van der Waals surface area contributed by atoms with Crippen molar-refractivity contribution in [2.45, 2.75) is 43.7 Å². The molecule has 3 rings (SSSR count). The van der Waals surface area contributed by atoms with Gasteiger partial charge in [-0.05, 0) is 52.4 Å². The van der Waals surface area contributed by atoms with Gasteiger partial charge in [-0.25, -0.2) is 0 Å². The molecule has 3 nitrogen and oxygen atoms in total. The van der Waals surface area contributed by atoms with E-state index in [0.717, 1.165) is 6.04 Å². The third kappa shape index (κ3) is 1.79. The lowest BCUT2D eigenvalue weighted by Crippen LogP contribution is -2.69. The monoisotopic (exact) mass is 223 g/mol. The van der Waals surface area contributed by atoms with Gasteiger partial charge in [0.2, 0.25) is 0 Å². The Morgan fingerprint density at radius 3 is 2.75 bits per heavy atom. The molecule has 3 heterocycles. The summed E-state index contributed by atoms with van der Waals surface area (Å²) in [6.45, 7) is 6.39. The number of nitrogens with one attached hydrogen (secondary N) is 1. The second kappa shape index (κ2) is 4.28. The molecule has 0 amide bonds. The average Bonchev–Trinajstić information content (AvgIpc) is 2.34. The fourth-order valence-electron chi connectivity index (χ4n) is 3.91. The van der Waals surface area contributed by atoms with E-state index in [2.05, 4.69) is 22.2 Å². The predicted octanol–water partition coefficient (Wildman–Crippen LogP) is 0.909. The minimum absolute atomic E-state index is 0.510. The first-order valence-corrected chi connectivity index (χ1v) is 6.96. The van der Waals surface area contributed by atoms with Crippen molar-refractivity contribution >= 4 is 0 Å². The molecular weight excluding hydrogens is 198 g/mol. The van der Waals surface area contributed by atoms with Gasteiger partial charge in [-0.3, -0.25) is 4.90 Å². The van der Waals surface area contributed by atoms with Crippen molar-refractivity contribution in [1.82, 2.24) is 15.1 Å². The molecule has 92 valence electrons. The Bertz CT molecular complexity index is 244. The zero-order valence-corrected chi connectivity index (χ0v) is 10.5. The minimum Gasteiger partial charge on any atom is -0.313 e. The molecule has 16 heavy (non-hydrogen) atoms. The lowest BCUT2D eigenvalue weighted by atomic mass is 9.80. The lowest BCUT2D eigenvalue weighted by molar-refractivity contribution is -0.0429. The van der Waals surface area contributed by atoms with Gasteiger partial charge in [0.25, 0.3) is 0 Å². The van der Waals surface area contributed by atoms with Crippen molar-refractivity contribution in [3.8, 4) is 0 Å². The highest BCUT2D eigenvalue weighted by atomic mass is 15.3. The van der Waals surface area contributed by atoms with Crippen LogP contribution < -0.4 is 5.32 Å². The molecule has 3 fully saturated rings. The van der Waals surface area contributed by atoms with Crippen LogP contribution >= 0.6 is 0 Å². The molecule has 0 radical (unpaired) electrons. The number of fused-ring (bicyclic) bond motifs is 2. The second-order valence-electron chi connectivity index (χ2n) is 6.00. The molecule has 3 saturated heterocycles. The second-order valence-corrected chi connectivity index (χ2v) is 6.00. The molecule has 0 aromatic rings. The van der Waals surface area contributed by atoms with Crippen LogP contribution in [0.15, 0.2) is 0 Å². The molecule has 3 heteroatoms. The van der Waals surface area contributed by atoms with E-state index in [0.29, 0.717) is 5.54 Å². The lowest BCUT2D eigenvalue weighted by Gasteiger charge is -2.56. The van der Waals surface area contributed by atoms with Crippen LogP contribution in [0.4, 0.5) is 0 Å². The summed E-state index contributed by atoms with van der Waals surface area (Å²) in [4.78, 5) is 5.36. The SMILES string of the molecule is CN1CCC2(CC1)CNCC1CCCCN12. The molecule has 1 unspecified atom stereocenters. The van der Waals surface area contributed by atoms with Gasteiger partial charge in [-0.2, -0.15) is 0 Å². The highest BCUT2D eigenvalue weighted by molar-refractivity contribution is 5.03. The predicted molar refractivity (Wildman–Crippen MR) is 66.7 cm³/mol. The Hall–Kier alpha value is -0.120. The van der Waals surface area contributed by atoms with Crippen molar-refractivity contribution in [2.24, 2.45) is 0 Å². The van der Waals surface area contributed by atoms with Gasteiger partial charge < -0.3 is 10.2 Å². The zero-order valence-electron chi connectivity index (χ0n) is 10.5. The molecule has 0 saturated carbocycles. The molecule has 0 bridgehead atoms. The fourth-order valence-corrected chi connectivity index (χ4v) is 3.91. The van der Waals surface area contributed by atoms with E-state index in [4.69, 9.17) is 0 Å². The molecule has 1 spiro atoms. The summed E-state index contributed by atoms with van der Waals surface area (Å²) >= 11 is 0. The van der Waals surface area contributed by atoms with E-state index in [9.17, 15) is 0 Å². The van der Waals surface area contributed by atoms with E-state index in [1.54, 1.807) is 0 Å². The Morgan fingerprint density at radius 2 is 1.94 bits per heavy atom. The summed E-state index contributed by atoms with van der Waals surface area (Å²) in [6, 6.07) is 0.839. The zero-order chi connectivity index (χ0) is 11.0. The van der Waals surface area contributed by atoms with E-state index in [-0.39, 0.29) is 0 Å². The van der Waals surface area contributed by atoms with Gasteiger partial charge in [0.1, 0.15) is 0 Å². The first kappa shape index (κ1) is 11.0. The number of nitrogens with zero attached hydrogens (tertiary/aromatic N) is 2. The quantitative estimate of drug-likeness (QED) is 0.658. The van der Waals surface area contributed by atoms with E-state index < -0.39 is 0 Å². The van der Waals surface area contributed by atoms with Crippen LogP contribution in [0, 0.1) is 0 Å². The molecular formula is C13H25N3. The van der Waals surface area contributed by atoms with Gasteiger partial charge in [-0.15, -0.1) is 0 Å². The van der Waals surface area contributed by atoms with Gasteiger partial charge >= 0.3 is 0 Å². The molecule has 0 aliphatic carbocycles. The molecule has 3 aliphatic rings. The summed E-state index contributed by atoms with van der Waals surface area (Å²) < 4.78 is 0. The smallest absolute Gasteiger partial charge is 0.0361 e. The number of piperazine rings is 1. The number of rotatable bonds is 0. The van der Waals surface area contributed by atoms with Gasteiger partial charge in [0.15, 0.2) is 0 Å². The van der Waals surface area contributed by atoms with Crippen LogP contribution in [0.5, 0.6) is 0 Å². The summed E-state index contributed by atoms with van der Waals surface area (Å²) in [5.74, 6) is 0. The Labute approximate surface area is 99.2 Å².